The van der Waals surface area contributed by atoms with Gasteiger partial charge in [-0.1, -0.05) is 26.7 Å². The molecule has 1 aliphatic heterocycles. The fraction of sp³-hybridized carbons (Fsp3) is 1.00. The van der Waals surface area contributed by atoms with Crippen LogP contribution in [0.25, 0.3) is 0 Å². The van der Waals surface area contributed by atoms with Gasteiger partial charge in [0, 0.05) is 31.2 Å². The third-order valence-corrected chi connectivity index (χ3v) is 5.57. The zero-order chi connectivity index (χ0) is 13.2. The first-order valence-corrected chi connectivity index (χ1v) is 8.76. The summed E-state index contributed by atoms with van der Waals surface area (Å²) in [5.41, 5.74) is 0. The largest absolute Gasteiger partial charge is 0.310 e. The Morgan fingerprint density at radius 2 is 1.79 bits per heavy atom. The standard InChI is InChI=1S/C17H32N2/c1-3-17(14-8-9-14)19-11-13(2)10-16(12-19)18-15-6-4-5-7-15/h13-18H,3-12H2,1-2H3. The second-order valence-electron chi connectivity index (χ2n) is 7.45. The third kappa shape index (κ3) is 3.52. The van der Waals surface area contributed by atoms with E-state index in [9.17, 15) is 0 Å². The summed E-state index contributed by atoms with van der Waals surface area (Å²) in [6.45, 7) is 7.50. The van der Waals surface area contributed by atoms with E-state index < -0.39 is 0 Å². The van der Waals surface area contributed by atoms with Gasteiger partial charge in [0.2, 0.25) is 0 Å². The molecule has 2 nitrogen and oxygen atoms in total. The molecule has 1 saturated heterocycles. The van der Waals surface area contributed by atoms with Crippen LogP contribution >= 0.6 is 0 Å². The van der Waals surface area contributed by atoms with Gasteiger partial charge in [0.05, 0.1) is 0 Å². The SMILES string of the molecule is CCC(C1CC1)N1CC(C)CC(NC2CCCC2)C1. The van der Waals surface area contributed by atoms with Crippen molar-refractivity contribution in [3.63, 3.8) is 0 Å². The van der Waals surface area contributed by atoms with Gasteiger partial charge in [0.1, 0.15) is 0 Å². The molecule has 0 spiro atoms. The summed E-state index contributed by atoms with van der Waals surface area (Å²) >= 11 is 0. The normalized spacial score (nSPS) is 35.7. The van der Waals surface area contributed by atoms with Crippen molar-refractivity contribution >= 4 is 0 Å². The minimum absolute atomic E-state index is 0.764. The molecule has 0 aromatic rings. The van der Waals surface area contributed by atoms with Crippen LogP contribution in [0.5, 0.6) is 0 Å². The maximum atomic E-state index is 3.97. The van der Waals surface area contributed by atoms with Crippen LogP contribution in [0.4, 0.5) is 0 Å². The average molecular weight is 264 g/mol. The van der Waals surface area contributed by atoms with Crippen molar-refractivity contribution < 1.29 is 0 Å². The molecule has 2 saturated carbocycles. The van der Waals surface area contributed by atoms with E-state index in [1.807, 2.05) is 0 Å². The van der Waals surface area contributed by atoms with Crippen LogP contribution in [-0.2, 0) is 0 Å². The number of likely N-dealkylation sites (tertiary alicyclic amines) is 1. The van der Waals surface area contributed by atoms with E-state index in [1.165, 1.54) is 64.5 Å². The van der Waals surface area contributed by atoms with Crippen LogP contribution in [0.15, 0.2) is 0 Å². The molecule has 1 N–H and O–H groups in total. The van der Waals surface area contributed by atoms with Gasteiger partial charge >= 0.3 is 0 Å². The van der Waals surface area contributed by atoms with Gasteiger partial charge in [0.25, 0.3) is 0 Å². The highest BCUT2D eigenvalue weighted by Crippen LogP contribution is 2.38. The maximum absolute atomic E-state index is 3.97. The maximum Gasteiger partial charge on any atom is 0.0200 e. The van der Waals surface area contributed by atoms with Crippen molar-refractivity contribution in [3.05, 3.63) is 0 Å². The third-order valence-electron chi connectivity index (χ3n) is 5.57. The van der Waals surface area contributed by atoms with Crippen molar-refractivity contribution in [3.8, 4) is 0 Å². The van der Waals surface area contributed by atoms with Gasteiger partial charge in [-0.3, -0.25) is 4.90 Å². The lowest BCUT2D eigenvalue weighted by atomic mass is 9.92. The van der Waals surface area contributed by atoms with Crippen LogP contribution < -0.4 is 5.32 Å². The topological polar surface area (TPSA) is 15.3 Å². The van der Waals surface area contributed by atoms with Gasteiger partial charge in [-0.15, -0.1) is 0 Å². The number of piperidine rings is 1. The van der Waals surface area contributed by atoms with E-state index in [1.54, 1.807) is 0 Å². The Morgan fingerprint density at radius 3 is 2.42 bits per heavy atom. The molecule has 3 fully saturated rings. The molecule has 2 heteroatoms. The van der Waals surface area contributed by atoms with E-state index in [0.717, 1.165) is 30.0 Å². The Kier molecular flexibility index (Phi) is 4.48. The van der Waals surface area contributed by atoms with Crippen LogP contribution in [0.1, 0.15) is 65.2 Å². The van der Waals surface area contributed by atoms with Gasteiger partial charge in [0.15, 0.2) is 0 Å². The summed E-state index contributed by atoms with van der Waals surface area (Å²) in [6.07, 6.45) is 11.5. The van der Waals surface area contributed by atoms with Crippen molar-refractivity contribution in [1.29, 1.82) is 0 Å². The van der Waals surface area contributed by atoms with Crippen LogP contribution in [0.3, 0.4) is 0 Å². The van der Waals surface area contributed by atoms with Crippen molar-refractivity contribution in [2.75, 3.05) is 13.1 Å². The quantitative estimate of drug-likeness (QED) is 0.818. The second kappa shape index (κ2) is 6.13. The van der Waals surface area contributed by atoms with Gasteiger partial charge in [-0.2, -0.15) is 0 Å². The predicted octanol–water partition coefficient (Wildman–Crippen LogP) is 3.42. The van der Waals surface area contributed by atoms with Crippen molar-refractivity contribution in [2.24, 2.45) is 11.8 Å². The monoisotopic (exact) mass is 264 g/mol. The van der Waals surface area contributed by atoms with E-state index in [0.29, 0.717) is 0 Å². The first-order chi connectivity index (χ1) is 9.26. The highest BCUT2D eigenvalue weighted by Gasteiger charge is 2.37. The van der Waals surface area contributed by atoms with E-state index in [4.69, 9.17) is 0 Å². The molecule has 0 aromatic carbocycles. The number of hydrogen-bond acceptors (Lipinski definition) is 2. The predicted molar refractivity (Wildman–Crippen MR) is 81.3 cm³/mol. The summed E-state index contributed by atoms with van der Waals surface area (Å²) in [6, 6.07) is 2.48. The molecule has 0 bridgehead atoms. The molecular formula is C17H32N2. The van der Waals surface area contributed by atoms with E-state index >= 15 is 0 Å². The molecule has 0 amide bonds. The highest BCUT2D eigenvalue weighted by atomic mass is 15.2. The van der Waals surface area contributed by atoms with E-state index in [-0.39, 0.29) is 0 Å². The van der Waals surface area contributed by atoms with Crippen LogP contribution in [0.2, 0.25) is 0 Å². The van der Waals surface area contributed by atoms with Crippen LogP contribution in [-0.4, -0.2) is 36.1 Å². The smallest absolute Gasteiger partial charge is 0.0200 e. The Morgan fingerprint density at radius 1 is 1.05 bits per heavy atom. The minimum Gasteiger partial charge on any atom is -0.310 e. The van der Waals surface area contributed by atoms with Crippen LogP contribution in [0, 0.1) is 11.8 Å². The molecule has 1 heterocycles. The average Bonchev–Trinajstić information content (AvgIpc) is 3.07. The molecule has 0 radical (unpaired) electrons. The molecular weight excluding hydrogens is 232 g/mol. The number of hydrogen-bond donors (Lipinski definition) is 1. The summed E-state index contributed by atoms with van der Waals surface area (Å²) in [5, 5.41) is 3.97. The molecule has 3 rings (SSSR count). The number of rotatable bonds is 5. The Hall–Kier alpha value is -0.0800. The summed E-state index contributed by atoms with van der Waals surface area (Å²) in [7, 11) is 0. The zero-order valence-corrected chi connectivity index (χ0v) is 12.9. The first kappa shape index (κ1) is 13.9. The lowest BCUT2D eigenvalue weighted by molar-refractivity contribution is 0.0861. The first-order valence-electron chi connectivity index (χ1n) is 8.76. The Bertz CT molecular complexity index is 281. The lowest BCUT2D eigenvalue weighted by Gasteiger charge is -2.42. The fourth-order valence-electron chi connectivity index (χ4n) is 4.58. The molecule has 0 aromatic heterocycles. The number of nitrogens with one attached hydrogen (secondary N) is 1. The molecule has 19 heavy (non-hydrogen) atoms. The molecule has 3 atom stereocenters. The van der Waals surface area contributed by atoms with Gasteiger partial charge in [-0.05, 0) is 50.4 Å². The highest BCUT2D eigenvalue weighted by molar-refractivity contribution is 4.93. The number of nitrogens with zero attached hydrogens (tertiary/aromatic N) is 1. The van der Waals surface area contributed by atoms with Crippen molar-refractivity contribution in [1.82, 2.24) is 10.2 Å². The molecule has 3 aliphatic rings. The van der Waals surface area contributed by atoms with E-state index in [2.05, 4.69) is 24.1 Å². The minimum atomic E-state index is 0.764. The second-order valence-corrected chi connectivity index (χ2v) is 7.45. The lowest BCUT2D eigenvalue weighted by Crippen LogP contribution is -2.54. The molecule has 110 valence electrons. The van der Waals surface area contributed by atoms with Crippen molar-refractivity contribution in [2.45, 2.75) is 83.3 Å². The Balaban J connectivity index is 1.56. The summed E-state index contributed by atoms with van der Waals surface area (Å²) < 4.78 is 0. The zero-order valence-electron chi connectivity index (χ0n) is 12.9. The van der Waals surface area contributed by atoms with Gasteiger partial charge < -0.3 is 5.32 Å². The molecule has 2 aliphatic carbocycles. The Labute approximate surface area is 119 Å². The summed E-state index contributed by atoms with van der Waals surface area (Å²) in [5.74, 6) is 1.91. The molecule has 3 unspecified atom stereocenters. The van der Waals surface area contributed by atoms with Gasteiger partial charge in [-0.25, -0.2) is 0 Å². The summed E-state index contributed by atoms with van der Waals surface area (Å²) in [4.78, 5) is 2.83. The fourth-order valence-corrected chi connectivity index (χ4v) is 4.58.